The summed E-state index contributed by atoms with van der Waals surface area (Å²) < 4.78 is 5.82. The van der Waals surface area contributed by atoms with Gasteiger partial charge in [-0.1, -0.05) is 37.5 Å². The molecule has 0 atom stereocenters. The van der Waals surface area contributed by atoms with Gasteiger partial charge in [0.15, 0.2) is 0 Å². The molecule has 104 valence electrons. The van der Waals surface area contributed by atoms with E-state index in [2.05, 4.69) is 5.32 Å². The number of para-hydroxylation sites is 1. The molecule has 4 nitrogen and oxygen atoms in total. The summed E-state index contributed by atoms with van der Waals surface area (Å²) in [6, 6.07) is 9.41. The molecule has 1 aliphatic rings. The number of nitrogens with two attached hydrogens (primary N) is 1. The van der Waals surface area contributed by atoms with Crippen molar-refractivity contribution < 1.29 is 9.53 Å². The Kier molecular flexibility index (Phi) is 4.93. The number of ether oxygens (including phenoxy) is 1. The highest BCUT2D eigenvalue weighted by Crippen LogP contribution is 2.30. The van der Waals surface area contributed by atoms with E-state index < -0.39 is 0 Å². The van der Waals surface area contributed by atoms with Crippen LogP contribution in [-0.4, -0.2) is 24.7 Å². The van der Waals surface area contributed by atoms with E-state index in [1.54, 1.807) is 0 Å². The molecule has 3 N–H and O–H groups in total. The summed E-state index contributed by atoms with van der Waals surface area (Å²) in [4.78, 5) is 11.8. The highest BCUT2D eigenvalue weighted by atomic mass is 16.5. The number of rotatable bonds is 5. The molecule has 0 saturated heterocycles. The lowest BCUT2D eigenvalue weighted by molar-refractivity contribution is -0.130. The first-order chi connectivity index (χ1) is 9.24. The average Bonchev–Trinajstić information content (AvgIpc) is 2.47. The fourth-order valence-corrected chi connectivity index (χ4v) is 2.54. The minimum absolute atomic E-state index is 0.0755. The number of carbonyl (C=O) groups is 1. The van der Waals surface area contributed by atoms with Gasteiger partial charge in [0.25, 0.3) is 0 Å². The van der Waals surface area contributed by atoms with Gasteiger partial charge in [-0.25, -0.2) is 0 Å². The van der Waals surface area contributed by atoms with Crippen molar-refractivity contribution in [1.29, 1.82) is 0 Å². The first-order valence-electron chi connectivity index (χ1n) is 6.93. The second-order valence-electron chi connectivity index (χ2n) is 5.15. The summed E-state index contributed by atoms with van der Waals surface area (Å²) in [5.74, 6) is -0.121. The molecule has 0 aliphatic heterocycles. The van der Waals surface area contributed by atoms with Crippen molar-refractivity contribution >= 4 is 11.6 Å². The smallest absolute Gasteiger partial charge is 0.250 e. The number of hydrogen-bond acceptors (Lipinski definition) is 3. The number of hydrogen-bond donors (Lipinski definition) is 2. The molecule has 0 aromatic heterocycles. The molecule has 0 unspecified atom stereocenters. The SMILES string of the molecule is NCC1(OCC(=O)Nc2ccccc2)CCCCC1. The van der Waals surface area contributed by atoms with Crippen molar-refractivity contribution in [2.75, 3.05) is 18.5 Å². The molecule has 0 heterocycles. The van der Waals surface area contributed by atoms with Gasteiger partial charge >= 0.3 is 0 Å². The zero-order valence-corrected chi connectivity index (χ0v) is 11.2. The molecule has 1 saturated carbocycles. The van der Waals surface area contributed by atoms with Gasteiger partial charge < -0.3 is 15.8 Å². The third-order valence-electron chi connectivity index (χ3n) is 3.70. The molecule has 4 heteroatoms. The quantitative estimate of drug-likeness (QED) is 0.855. The maximum Gasteiger partial charge on any atom is 0.250 e. The van der Waals surface area contributed by atoms with E-state index in [9.17, 15) is 4.79 Å². The number of nitrogens with one attached hydrogen (secondary N) is 1. The van der Waals surface area contributed by atoms with Gasteiger partial charge in [-0.05, 0) is 25.0 Å². The highest BCUT2D eigenvalue weighted by molar-refractivity contribution is 5.91. The van der Waals surface area contributed by atoms with E-state index >= 15 is 0 Å². The van der Waals surface area contributed by atoms with Gasteiger partial charge in [0.1, 0.15) is 6.61 Å². The van der Waals surface area contributed by atoms with Crippen LogP contribution in [0.4, 0.5) is 5.69 Å². The number of benzene rings is 1. The molecule has 1 aromatic carbocycles. The van der Waals surface area contributed by atoms with Crippen LogP contribution in [0.1, 0.15) is 32.1 Å². The summed E-state index contributed by atoms with van der Waals surface area (Å²) in [6.45, 7) is 0.567. The van der Waals surface area contributed by atoms with Crippen LogP contribution in [0.5, 0.6) is 0 Å². The third-order valence-corrected chi connectivity index (χ3v) is 3.70. The number of carbonyl (C=O) groups excluding carboxylic acids is 1. The van der Waals surface area contributed by atoms with Gasteiger partial charge in [-0.2, -0.15) is 0 Å². The maximum absolute atomic E-state index is 11.8. The van der Waals surface area contributed by atoms with Crippen LogP contribution in [0.15, 0.2) is 30.3 Å². The van der Waals surface area contributed by atoms with Crippen molar-refractivity contribution in [3.05, 3.63) is 30.3 Å². The fourth-order valence-electron chi connectivity index (χ4n) is 2.54. The lowest BCUT2D eigenvalue weighted by atomic mass is 9.85. The largest absolute Gasteiger partial charge is 0.364 e. The minimum Gasteiger partial charge on any atom is -0.364 e. The number of amides is 1. The Morgan fingerprint density at radius 3 is 2.53 bits per heavy atom. The van der Waals surface area contributed by atoms with Crippen LogP contribution >= 0.6 is 0 Å². The number of anilines is 1. The van der Waals surface area contributed by atoms with E-state index in [0.29, 0.717) is 6.54 Å². The van der Waals surface area contributed by atoms with Gasteiger partial charge in [-0.3, -0.25) is 4.79 Å². The topological polar surface area (TPSA) is 64.3 Å². The van der Waals surface area contributed by atoms with Gasteiger partial charge in [-0.15, -0.1) is 0 Å². The Morgan fingerprint density at radius 1 is 1.21 bits per heavy atom. The molecule has 0 radical (unpaired) electrons. The van der Waals surface area contributed by atoms with Crippen LogP contribution < -0.4 is 11.1 Å². The molecule has 0 spiro atoms. The van der Waals surface area contributed by atoms with E-state index in [-0.39, 0.29) is 18.1 Å². The molecular weight excluding hydrogens is 240 g/mol. The zero-order valence-electron chi connectivity index (χ0n) is 11.2. The predicted molar refractivity (Wildman–Crippen MR) is 75.9 cm³/mol. The Morgan fingerprint density at radius 2 is 1.89 bits per heavy atom. The maximum atomic E-state index is 11.8. The Hall–Kier alpha value is -1.39. The molecule has 1 aliphatic carbocycles. The molecule has 1 aromatic rings. The van der Waals surface area contributed by atoms with E-state index in [1.165, 1.54) is 6.42 Å². The molecule has 19 heavy (non-hydrogen) atoms. The highest BCUT2D eigenvalue weighted by Gasteiger charge is 2.32. The molecule has 1 amide bonds. The Labute approximate surface area is 114 Å². The van der Waals surface area contributed by atoms with E-state index in [4.69, 9.17) is 10.5 Å². The third kappa shape index (κ3) is 4.04. The Bertz CT molecular complexity index is 400. The second kappa shape index (κ2) is 6.68. The van der Waals surface area contributed by atoms with Gasteiger partial charge in [0.05, 0.1) is 5.60 Å². The van der Waals surface area contributed by atoms with Gasteiger partial charge in [0.2, 0.25) is 5.91 Å². The molecular formula is C15H22N2O2. The van der Waals surface area contributed by atoms with Crippen molar-refractivity contribution in [2.45, 2.75) is 37.7 Å². The minimum atomic E-state index is -0.285. The van der Waals surface area contributed by atoms with Crippen molar-refractivity contribution in [3.63, 3.8) is 0 Å². The fraction of sp³-hybridized carbons (Fsp3) is 0.533. The van der Waals surface area contributed by atoms with Crippen molar-refractivity contribution in [2.24, 2.45) is 5.73 Å². The molecule has 1 fully saturated rings. The second-order valence-corrected chi connectivity index (χ2v) is 5.15. The van der Waals surface area contributed by atoms with Crippen molar-refractivity contribution in [3.8, 4) is 0 Å². The van der Waals surface area contributed by atoms with Gasteiger partial charge in [0, 0.05) is 12.2 Å². The summed E-state index contributed by atoms with van der Waals surface area (Å²) in [5, 5.41) is 2.82. The summed E-state index contributed by atoms with van der Waals surface area (Å²) >= 11 is 0. The standard InChI is InChI=1S/C15H22N2O2/c16-12-15(9-5-2-6-10-15)19-11-14(18)17-13-7-3-1-4-8-13/h1,3-4,7-8H,2,5-6,9-12,16H2,(H,17,18). The van der Waals surface area contributed by atoms with Crippen LogP contribution in [0.3, 0.4) is 0 Å². The van der Waals surface area contributed by atoms with Crippen LogP contribution in [0.2, 0.25) is 0 Å². The van der Waals surface area contributed by atoms with Crippen molar-refractivity contribution in [1.82, 2.24) is 0 Å². The Balaban J connectivity index is 1.82. The summed E-state index contributed by atoms with van der Waals surface area (Å²) in [7, 11) is 0. The van der Waals surface area contributed by atoms with Crippen LogP contribution in [-0.2, 0) is 9.53 Å². The van der Waals surface area contributed by atoms with Crippen LogP contribution in [0.25, 0.3) is 0 Å². The molecule has 2 rings (SSSR count). The first kappa shape index (κ1) is 14.0. The van der Waals surface area contributed by atoms with E-state index in [0.717, 1.165) is 31.4 Å². The lowest BCUT2D eigenvalue weighted by Crippen LogP contribution is -2.44. The lowest BCUT2D eigenvalue weighted by Gasteiger charge is -2.35. The first-order valence-corrected chi connectivity index (χ1v) is 6.93. The normalized spacial score (nSPS) is 17.9. The molecule has 0 bridgehead atoms. The van der Waals surface area contributed by atoms with Crippen LogP contribution in [0, 0.1) is 0 Å². The average molecular weight is 262 g/mol. The zero-order chi connectivity index (χ0) is 13.6. The summed E-state index contributed by atoms with van der Waals surface area (Å²) in [5.41, 5.74) is 6.33. The monoisotopic (exact) mass is 262 g/mol. The predicted octanol–water partition coefficient (Wildman–Crippen LogP) is 2.30. The van der Waals surface area contributed by atoms with E-state index in [1.807, 2.05) is 30.3 Å². The summed E-state index contributed by atoms with van der Waals surface area (Å²) in [6.07, 6.45) is 5.43.